The summed E-state index contributed by atoms with van der Waals surface area (Å²) in [5, 5.41) is 0. The Bertz CT molecular complexity index is 1190. The monoisotopic (exact) mass is 494 g/mol. The summed E-state index contributed by atoms with van der Waals surface area (Å²) < 4.78 is 52.5. The summed E-state index contributed by atoms with van der Waals surface area (Å²) in [4.78, 5) is 12.1. The Morgan fingerprint density at radius 3 is 2.11 bits per heavy atom. The van der Waals surface area contributed by atoms with Gasteiger partial charge in [-0.3, -0.25) is 0 Å². The van der Waals surface area contributed by atoms with Gasteiger partial charge in [-0.1, -0.05) is 57.3 Å². The Labute approximate surface area is 210 Å². The zero-order valence-corrected chi connectivity index (χ0v) is 20.3. The lowest BCUT2D eigenvalue weighted by atomic mass is 10.1. The van der Waals surface area contributed by atoms with Crippen LogP contribution >= 0.6 is 0 Å². The number of rotatable bonds is 11. The Hall–Kier alpha value is -3.72. The molecule has 3 nitrogen and oxygen atoms in total. The van der Waals surface area contributed by atoms with Gasteiger partial charge in [0.2, 0.25) is 5.82 Å². The van der Waals surface area contributed by atoms with Gasteiger partial charge in [-0.25, -0.2) is 13.6 Å². The predicted octanol–water partition coefficient (Wildman–Crippen LogP) is 7.85. The van der Waals surface area contributed by atoms with Crippen LogP contribution in [-0.4, -0.2) is 12.6 Å². The molecule has 0 bridgehead atoms. The van der Waals surface area contributed by atoms with Crippen LogP contribution in [0.2, 0.25) is 0 Å². The highest BCUT2D eigenvalue weighted by Crippen LogP contribution is 2.23. The largest absolute Gasteiger partial charge is 0.490 e. The molecule has 0 spiro atoms. The fourth-order valence-electron chi connectivity index (χ4n) is 3.48. The zero-order chi connectivity index (χ0) is 25.8. The van der Waals surface area contributed by atoms with E-state index in [1.165, 1.54) is 74.2 Å². The fraction of sp³-hybridized carbons (Fsp3) is 0.300. The van der Waals surface area contributed by atoms with Crippen molar-refractivity contribution in [1.29, 1.82) is 0 Å². The smallest absolute Gasteiger partial charge is 0.343 e. The molecule has 3 rings (SSSR count). The van der Waals surface area contributed by atoms with E-state index < -0.39 is 23.4 Å². The summed E-state index contributed by atoms with van der Waals surface area (Å²) in [5.41, 5.74) is 0.658. The minimum Gasteiger partial charge on any atom is -0.490 e. The van der Waals surface area contributed by atoms with E-state index in [1.807, 2.05) is 0 Å². The number of carbonyl (C=O) groups excluding carboxylic acids is 1. The molecule has 0 fully saturated rings. The maximum Gasteiger partial charge on any atom is 0.343 e. The average Bonchev–Trinajstić information content (AvgIpc) is 2.88. The molecular formula is C30H29F3O3. The van der Waals surface area contributed by atoms with Crippen LogP contribution in [0.1, 0.15) is 73.4 Å². The SMILES string of the molecule is CCCCCCCCCOc1ccc(C#Cc2ccc(OC(=O)c3ccc(F)cc3)cc2)c(F)c1F. The van der Waals surface area contributed by atoms with Gasteiger partial charge >= 0.3 is 5.97 Å². The van der Waals surface area contributed by atoms with Crippen molar-refractivity contribution in [2.24, 2.45) is 0 Å². The van der Waals surface area contributed by atoms with E-state index >= 15 is 0 Å². The van der Waals surface area contributed by atoms with Crippen molar-refractivity contribution in [1.82, 2.24) is 0 Å². The number of halogens is 3. The van der Waals surface area contributed by atoms with Gasteiger partial charge in [0.1, 0.15) is 11.6 Å². The molecule has 0 unspecified atom stereocenters. The number of carbonyl (C=O) groups is 1. The van der Waals surface area contributed by atoms with E-state index in [-0.39, 0.29) is 22.6 Å². The first-order valence-electron chi connectivity index (χ1n) is 12.2. The van der Waals surface area contributed by atoms with Gasteiger partial charge in [0.05, 0.1) is 17.7 Å². The summed E-state index contributed by atoms with van der Waals surface area (Å²) >= 11 is 0. The lowest BCUT2D eigenvalue weighted by Gasteiger charge is -2.08. The first kappa shape index (κ1) is 26.9. The third-order valence-electron chi connectivity index (χ3n) is 5.54. The molecule has 0 aliphatic heterocycles. The molecule has 0 amide bonds. The first-order chi connectivity index (χ1) is 17.5. The van der Waals surface area contributed by atoms with Crippen molar-refractivity contribution in [3.63, 3.8) is 0 Å². The Kier molecular flexibility index (Phi) is 10.4. The first-order valence-corrected chi connectivity index (χ1v) is 12.2. The molecule has 0 saturated carbocycles. The molecule has 0 atom stereocenters. The van der Waals surface area contributed by atoms with Crippen molar-refractivity contribution in [2.75, 3.05) is 6.61 Å². The van der Waals surface area contributed by atoms with Crippen LogP contribution < -0.4 is 9.47 Å². The maximum atomic E-state index is 14.5. The van der Waals surface area contributed by atoms with Gasteiger partial charge in [0, 0.05) is 5.56 Å². The summed E-state index contributed by atoms with van der Waals surface area (Å²) in [6.07, 6.45) is 7.79. The second-order valence-electron chi connectivity index (χ2n) is 8.38. The number of unbranched alkanes of at least 4 members (excludes halogenated alkanes) is 6. The quantitative estimate of drug-likeness (QED) is 0.118. The molecule has 0 radical (unpaired) electrons. The van der Waals surface area contributed by atoms with E-state index in [0.29, 0.717) is 12.2 Å². The van der Waals surface area contributed by atoms with Crippen molar-refractivity contribution in [3.05, 3.63) is 94.8 Å². The number of esters is 1. The number of ether oxygens (including phenoxy) is 2. The molecule has 0 aromatic heterocycles. The summed E-state index contributed by atoms with van der Waals surface area (Å²) in [5.74, 6) is 2.38. The van der Waals surface area contributed by atoms with Crippen LogP contribution in [-0.2, 0) is 0 Å². The molecule has 0 N–H and O–H groups in total. The van der Waals surface area contributed by atoms with Crippen molar-refractivity contribution >= 4 is 5.97 Å². The fourth-order valence-corrected chi connectivity index (χ4v) is 3.48. The van der Waals surface area contributed by atoms with Crippen LogP contribution in [0.25, 0.3) is 0 Å². The van der Waals surface area contributed by atoms with Crippen LogP contribution in [0, 0.1) is 29.3 Å². The molecule has 6 heteroatoms. The van der Waals surface area contributed by atoms with Crippen LogP contribution in [0.3, 0.4) is 0 Å². The van der Waals surface area contributed by atoms with Gasteiger partial charge in [0.15, 0.2) is 11.6 Å². The highest BCUT2D eigenvalue weighted by atomic mass is 19.2. The molecule has 0 saturated heterocycles. The number of hydrogen-bond acceptors (Lipinski definition) is 3. The van der Waals surface area contributed by atoms with E-state index in [2.05, 4.69) is 18.8 Å². The van der Waals surface area contributed by atoms with Gasteiger partial charge in [0.25, 0.3) is 0 Å². The van der Waals surface area contributed by atoms with Crippen LogP contribution in [0.4, 0.5) is 13.2 Å². The Morgan fingerprint density at radius 2 is 1.42 bits per heavy atom. The van der Waals surface area contributed by atoms with Crippen LogP contribution in [0.5, 0.6) is 11.5 Å². The molecule has 0 aliphatic rings. The Balaban J connectivity index is 1.52. The van der Waals surface area contributed by atoms with Crippen LogP contribution in [0.15, 0.2) is 60.7 Å². The van der Waals surface area contributed by atoms with E-state index in [4.69, 9.17) is 9.47 Å². The van der Waals surface area contributed by atoms with Crippen molar-refractivity contribution in [2.45, 2.75) is 51.9 Å². The molecular weight excluding hydrogens is 465 g/mol. The van der Waals surface area contributed by atoms with Gasteiger partial charge < -0.3 is 9.47 Å². The van der Waals surface area contributed by atoms with Gasteiger partial charge in [-0.05, 0) is 67.1 Å². The maximum absolute atomic E-state index is 14.5. The minimum atomic E-state index is -1.05. The highest BCUT2D eigenvalue weighted by molar-refractivity contribution is 5.91. The third-order valence-corrected chi connectivity index (χ3v) is 5.54. The summed E-state index contributed by atoms with van der Waals surface area (Å²) in [6, 6.07) is 14.0. The van der Waals surface area contributed by atoms with E-state index in [1.54, 1.807) is 12.1 Å². The van der Waals surface area contributed by atoms with Crippen molar-refractivity contribution < 1.29 is 27.4 Å². The highest BCUT2D eigenvalue weighted by Gasteiger charge is 2.13. The summed E-state index contributed by atoms with van der Waals surface area (Å²) in [7, 11) is 0. The third kappa shape index (κ3) is 8.20. The van der Waals surface area contributed by atoms with E-state index in [0.717, 1.165) is 19.3 Å². The second kappa shape index (κ2) is 14.0. The topological polar surface area (TPSA) is 35.5 Å². The molecule has 0 heterocycles. The van der Waals surface area contributed by atoms with Gasteiger partial charge in [-0.2, -0.15) is 4.39 Å². The lowest BCUT2D eigenvalue weighted by molar-refractivity contribution is 0.0734. The normalized spacial score (nSPS) is 10.4. The molecule has 3 aromatic carbocycles. The predicted molar refractivity (Wildman–Crippen MR) is 134 cm³/mol. The van der Waals surface area contributed by atoms with Gasteiger partial charge in [-0.15, -0.1) is 0 Å². The summed E-state index contributed by atoms with van der Waals surface area (Å²) in [6.45, 7) is 2.52. The van der Waals surface area contributed by atoms with Crippen molar-refractivity contribution in [3.8, 4) is 23.3 Å². The second-order valence-corrected chi connectivity index (χ2v) is 8.38. The molecule has 36 heavy (non-hydrogen) atoms. The zero-order valence-electron chi connectivity index (χ0n) is 20.3. The van der Waals surface area contributed by atoms with E-state index in [9.17, 15) is 18.0 Å². The number of hydrogen-bond donors (Lipinski definition) is 0. The molecule has 188 valence electrons. The lowest BCUT2D eigenvalue weighted by Crippen LogP contribution is -2.08. The standard InChI is InChI=1S/C30H29F3O3/c1-2-3-4-5-6-7-8-21-35-27-20-15-23(28(32)29(27)33)12-9-22-10-18-26(19-11-22)36-30(34)24-13-16-25(31)17-14-24/h10-11,13-20H,2-8,21H2,1H3. The number of benzene rings is 3. The Morgan fingerprint density at radius 1 is 0.750 bits per heavy atom. The average molecular weight is 495 g/mol. The minimum absolute atomic E-state index is 0.0809. The molecule has 0 aliphatic carbocycles. The molecule has 3 aromatic rings.